The van der Waals surface area contributed by atoms with Crippen LogP contribution in [0.5, 0.6) is 0 Å². The first-order chi connectivity index (χ1) is 15.6. The van der Waals surface area contributed by atoms with Crippen LogP contribution in [0.4, 0.5) is 5.69 Å². The van der Waals surface area contributed by atoms with Gasteiger partial charge in [-0.2, -0.15) is 5.26 Å². The van der Waals surface area contributed by atoms with Crippen molar-refractivity contribution in [3.8, 4) is 6.07 Å². The third-order valence-electron chi connectivity index (χ3n) is 7.45. The molecule has 0 radical (unpaired) electrons. The molecule has 2 saturated heterocycles. The zero-order valence-electron chi connectivity index (χ0n) is 19.3. The molecule has 2 aromatic rings. The highest BCUT2D eigenvalue weighted by molar-refractivity contribution is 5.93. The van der Waals surface area contributed by atoms with Crippen LogP contribution in [0.25, 0.3) is 0 Å². The highest BCUT2D eigenvalue weighted by Gasteiger charge is 2.50. The molecule has 0 aliphatic carbocycles. The number of para-hydroxylation sites is 1. The quantitative estimate of drug-likeness (QED) is 0.699. The van der Waals surface area contributed by atoms with Crippen LogP contribution in [0.1, 0.15) is 61.6 Å². The fraction of sp³-hybridized carbons (Fsp3) is 0.481. The molecular formula is C27H34N4O. The van der Waals surface area contributed by atoms with Gasteiger partial charge in [0.05, 0.1) is 18.3 Å². The molecule has 1 N–H and O–H groups in total. The van der Waals surface area contributed by atoms with Crippen LogP contribution < -0.4 is 10.2 Å². The first kappa shape index (κ1) is 22.4. The normalized spacial score (nSPS) is 19.0. The van der Waals surface area contributed by atoms with Gasteiger partial charge < -0.3 is 15.1 Å². The maximum Gasteiger partial charge on any atom is 0.247 e. The number of carbonyl (C=O) groups excluding carboxylic acids is 1. The summed E-state index contributed by atoms with van der Waals surface area (Å²) in [5.74, 6) is 0.718. The first-order valence-electron chi connectivity index (χ1n) is 11.9. The number of benzene rings is 2. The minimum absolute atomic E-state index is 0.184. The average Bonchev–Trinajstić information content (AvgIpc) is 3.14. The Morgan fingerprint density at radius 1 is 1.16 bits per heavy atom. The number of rotatable bonds is 7. The molecule has 4 rings (SSSR count). The largest absolute Gasteiger partial charge is 0.339 e. The van der Waals surface area contributed by atoms with Crippen molar-refractivity contribution in [2.45, 2.75) is 57.4 Å². The second-order valence-corrected chi connectivity index (χ2v) is 9.23. The zero-order valence-corrected chi connectivity index (χ0v) is 19.3. The van der Waals surface area contributed by atoms with E-state index in [1.54, 1.807) is 0 Å². The van der Waals surface area contributed by atoms with Crippen molar-refractivity contribution in [3.63, 3.8) is 0 Å². The number of nitrogens with zero attached hydrogens (tertiary/aromatic N) is 3. The second-order valence-electron chi connectivity index (χ2n) is 9.23. The van der Waals surface area contributed by atoms with Crippen molar-refractivity contribution >= 4 is 11.6 Å². The van der Waals surface area contributed by atoms with Gasteiger partial charge in [0.1, 0.15) is 5.54 Å². The Balaban J connectivity index is 1.32. The van der Waals surface area contributed by atoms with E-state index in [1.807, 2.05) is 31.2 Å². The average molecular weight is 431 g/mol. The van der Waals surface area contributed by atoms with Gasteiger partial charge >= 0.3 is 0 Å². The molecular weight excluding hydrogens is 396 g/mol. The molecule has 5 heteroatoms. The lowest BCUT2D eigenvalue weighted by Crippen LogP contribution is -2.56. The maximum absolute atomic E-state index is 12.8. The standard InChI is InChI=1S/C27H34N4O/c1-3-22(23-11-12-24(19-28)21(2)18-23)8-7-15-30-16-13-27(14-17-30)26(32)29-20-31(27)25-9-5-4-6-10-25/h4-6,9-12,18,22H,3,7-8,13-17,20H2,1-2H3,(H,29,32). The molecule has 5 nitrogen and oxygen atoms in total. The molecule has 2 aliphatic heterocycles. The third kappa shape index (κ3) is 4.38. The van der Waals surface area contributed by atoms with E-state index in [0.717, 1.165) is 68.6 Å². The van der Waals surface area contributed by atoms with Crippen LogP contribution in [0, 0.1) is 18.3 Å². The van der Waals surface area contributed by atoms with Crippen LogP contribution in [-0.4, -0.2) is 42.6 Å². The Labute approximate surface area is 192 Å². The van der Waals surface area contributed by atoms with Gasteiger partial charge in [-0.15, -0.1) is 0 Å². The Morgan fingerprint density at radius 2 is 1.91 bits per heavy atom. The number of hydrogen-bond donors (Lipinski definition) is 1. The van der Waals surface area contributed by atoms with E-state index >= 15 is 0 Å². The van der Waals surface area contributed by atoms with Crippen LogP contribution >= 0.6 is 0 Å². The van der Waals surface area contributed by atoms with Crippen molar-refractivity contribution < 1.29 is 4.79 Å². The van der Waals surface area contributed by atoms with Crippen LogP contribution in [0.3, 0.4) is 0 Å². The number of amides is 1. The summed E-state index contributed by atoms with van der Waals surface area (Å²) in [5.41, 5.74) is 3.92. The van der Waals surface area contributed by atoms with Gasteiger partial charge in [-0.3, -0.25) is 4.79 Å². The van der Waals surface area contributed by atoms with Crippen molar-refractivity contribution in [2.24, 2.45) is 0 Å². The summed E-state index contributed by atoms with van der Waals surface area (Å²) < 4.78 is 0. The number of anilines is 1. The molecule has 2 aromatic carbocycles. The summed E-state index contributed by atoms with van der Waals surface area (Å²) >= 11 is 0. The molecule has 0 bridgehead atoms. The fourth-order valence-corrected chi connectivity index (χ4v) is 5.41. The van der Waals surface area contributed by atoms with Crippen molar-refractivity contribution in [1.82, 2.24) is 10.2 Å². The second kappa shape index (κ2) is 9.75. The van der Waals surface area contributed by atoms with Crippen molar-refractivity contribution in [1.29, 1.82) is 5.26 Å². The zero-order chi connectivity index (χ0) is 22.6. The lowest BCUT2D eigenvalue weighted by Gasteiger charge is -2.43. The molecule has 0 saturated carbocycles. The lowest BCUT2D eigenvalue weighted by atomic mass is 9.85. The minimum Gasteiger partial charge on any atom is -0.339 e. The van der Waals surface area contributed by atoms with Crippen molar-refractivity contribution in [2.75, 3.05) is 31.2 Å². The van der Waals surface area contributed by atoms with E-state index in [1.165, 1.54) is 5.56 Å². The Bertz CT molecular complexity index is 973. The fourth-order valence-electron chi connectivity index (χ4n) is 5.41. The van der Waals surface area contributed by atoms with E-state index in [0.29, 0.717) is 12.6 Å². The molecule has 1 amide bonds. The van der Waals surface area contributed by atoms with Crippen molar-refractivity contribution in [3.05, 3.63) is 65.2 Å². The molecule has 2 fully saturated rings. The molecule has 168 valence electrons. The predicted octanol–water partition coefficient (Wildman–Crippen LogP) is 4.57. The molecule has 2 heterocycles. The summed E-state index contributed by atoms with van der Waals surface area (Å²) in [7, 11) is 0. The van der Waals surface area contributed by atoms with E-state index in [9.17, 15) is 10.1 Å². The predicted molar refractivity (Wildman–Crippen MR) is 128 cm³/mol. The molecule has 0 aromatic heterocycles. The number of carbonyl (C=O) groups is 1. The number of hydrogen-bond acceptors (Lipinski definition) is 4. The highest BCUT2D eigenvalue weighted by Crippen LogP contribution is 2.36. The number of nitriles is 1. The summed E-state index contributed by atoms with van der Waals surface area (Å²) in [5, 5.41) is 12.3. The number of likely N-dealkylation sites (tertiary alicyclic amines) is 1. The Morgan fingerprint density at radius 3 is 2.56 bits per heavy atom. The Kier molecular flexibility index (Phi) is 6.81. The van der Waals surface area contributed by atoms with Gasteiger partial charge in [-0.05, 0) is 80.8 Å². The summed E-state index contributed by atoms with van der Waals surface area (Å²) in [6.45, 7) is 7.88. The molecule has 32 heavy (non-hydrogen) atoms. The van der Waals surface area contributed by atoms with E-state index in [-0.39, 0.29) is 5.91 Å². The lowest BCUT2D eigenvalue weighted by molar-refractivity contribution is -0.125. The highest BCUT2D eigenvalue weighted by atomic mass is 16.2. The van der Waals surface area contributed by atoms with E-state index in [4.69, 9.17) is 0 Å². The van der Waals surface area contributed by atoms with Crippen LogP contribution in [0.15, 0.2) is 48.5 Å². The summed E-state index contributed by atoms with van der Waals surface area (Å²) in [6, 6.07) is 18.8. The topological polar surface area (TPSA) is 59.4 Å². The van der Waals surface area contributed by atoms with E-state index < -0.39 is 5.54 Å². The number of aryl methyl sites for hydroxylation is 1. The van der Waals surface area contributed by atoms with Gasteiger partial charge in [0.25, 0.3) is 0 Å². The Hall–Kier alpha value is -2.84. The third-order valence-corrected chi connectivity index (χ3v) is 7.45. The van der Waals surface area contributed by atoms with Gasteiger partial charge in [-0.25, -0.2) is 0 Å². The molecule has 1 atom stereocenters. The van der Waals surface area contributed by atoms with Crippen LogP contribution in [0.2, 0.25) is 0 Å². The van der Waals surface area contributed by atoms with Gasteiger partial charge in [0, 0.05) is 18.8 Å². The van der Waals surface area contributed by atoms with Gasteiger partial charge in [0.2, 0.25) is 5.91 Å². The molecule has 1 unspecified atom stereocenters. The SMILES string of the molecule is CCC(CCCN1CCC2(CC1)C(=O)NCN2c1ccccc1)c1ccc(C#N)c(C)c1. The van der Waals surface area contributed by atoms with Gasteiger partial charge in [-0.1, -0.05) is 37.3 Å². The summed E-state index contributed by atoms with van der Waals surface area (Å²) in [4.78, 5) is 17.6. The first-order valence-corrected chi connectivity index (χ1v) is 11.9. The minimum atomic E-state index is -0.399. The monoisotopic (exact) mass is 430 g/mol. The summed E-state index contributed by atoms with van der Waals surface area (Å²) in [6.07, 6.45) is 5.17. The van der Waals surface area contributed by atoms with Gasteiger partial charge in [0.15, 0.2) is 0 Å². The maximum atomic E-state index is 12.8. The number of piperidine rings is 1. The number of nitrogens with one attached hydrogen (secondary N) is 1. The molecule has 1 spiro atoms. The van der Waals surface area contributed by atoms with Crippen LogP contribution in [-0.2, 0) is 4.79 Å². The smallest absolute Gasteiger partial charge is 0.247 e. The van der Waals surface area contributed by atoms with E-state index in [2.05, 4.69) is 52.4 Å². The molecule has 2 aliphatic rings.